The van der Waals surface area contributed by atoms with Crippen LogP contribution in [0.5, 0.6) is 0 Å². The van der Waals surface area contributed by atoms with E-state index in [9.17, 15) is 4.79 Å². The van der Waals surface area contributed by atoms with Crippen molar-refractivity contribution in [2.75, 3.05) is 30.8 Å². The maximum absolute atomic E-state index is 11.2. The van der Waals surface area contributed by atoms with Crippen LogP contribution in [-0.2, 0) is 4.79 Å². The molecule has 7 nitrogen and oxygen atoms in total. The SMILES string of the molecule is CCNC(=O)CNc1nc(Cl)nc(NC)n1. The molecule has 0 radical (unpaired) electrons. The van der Waals surface area contributed by atoms with E-state index in [0.717, 1.165) is 0 Å². The van der Waals surface area contributed by atoms with Crippen LogP contribution in [0.25, 0.3) is 0 Å². The Bertz CT molecular complexity index is 372. The number of rotatable bonds is 5. The van der Waals surface area contributed by atoms with E-state index in [0.29, 0.717) is 12.5 Å². The Hall–Kier alpha value is -1.63. The van der Waals surface area contributed by atoms with Crippen molar-refractivity contribution in [3.8, 4) is 0 Å². The highest BCUT2D eigenvalue weighted by Gasteiger charge is 2.05. The predicted octanol–water partition coefficient (Wildman–Crippen LogP) is 0.115. The molecule has 16 heavy (non-hydrogen) atoms. The number of likely N-dealkylation sites (N-methyl/N-ethyl adjacent to an activating group) is 1. The fraction of sp³-hybridized carbons (Fsp3) is 0.500. The van der Waals surface area contributed by atoms with Crippen molar-refractivity contribution in [1.29, 1.82) is 0 Å². The molecular formula is C8H13ClN6O. The molecule has 0 saturated heterocycles. The highest BCUT2D eigenvalue weighted by molar-refractivity contribution is 6.28. The van der Waals surface area contributed by atoms with E-state index < -0.39 is 0 Å². The maximum atomic E-state index is 11.2. The monoisotopic (exact) mass is 244 g/mol. The average molecular weight is 245 g/mol. The third kappa shape index (κ3) is 3.85. The summed E-state index contributed by atoms with van der Waals surface area (Å²) in [6.45, 7) is 2.52. The summed E-state index contributed by atoms with van der Waals surface area (Å²) in [7, 11) is 1.67. The van der Waals surface area contributed by atoms with Gasteiger partial charge in [-0.15, -0.1) is 0 Å². The molecule has 1 heterocycles. The van der Waals surface area contributed by atoms with Crippen LogP contribution in [0.3, 0.4) is 0 Å². The zero-order valence-corrected chi connectivity index (χ0v) is 9.80. The molecule has 0 aliphatic rings. The van der Waals surface area contributed by atoms with Gasteiger partial charge in [0.2, 0.25) is 23.1 Å². The third-order valence-electron chi connectivity index (χ3n) is 1.61. The average Bonchev–Trinajstić information content (AvgIpc) is 2.26. The largest absolute Gasteiger partial charge is 0.357 e. The number of amides is 1. The lowest BCUT2D eigenvalue weighted by molar-refractivity contribution is -0.119. The highest BCUT2D eigenvalue weighted by Crippen LogP contribution is 2.08. The van der Waals surface area contributed by atoms with Gasteiger partial charge >= 0.3 is 0 Å². The third-order valence-corrected chi connectivity index (χ3v) is 1.78. The summed E-state index contributed by atoms with van der Waals surface area (Å²) in [5.74, 6) is 0.471. The quantitative estimate of drug-likeness (QED) is 0.681. The molecule has 1 aromatic rings. The Labute approximate surface area is 98.0 Å². The lowest BCUT2D eigenvalue weighted by atomic mass is 10.5. The first kappa shape index (κ1) is 12.4. The van der Waals surface area contributed by atoms with Crippen molar-refractivity contribution in [2.45, 2.75) is 6.92 Å². The summed E-state index contributed by atoms with van der Waals surface area (Å²) >= 11 is 5.66. The van der Waals surface area contributed by atoms with Gasteiger partial charge in [-0.2, -0.15) is 15.0 Å². The van der Waals surface area contributed by atoms with Gasteiger partial charge in [-0.1, -0.05) is 0 Å². The molecule has 88 valence electrons. The second-order valence-corrected chi connectivity index (χ2v) is 3.15. The molecule has 1 aromatic heterocycles. The first-order chi connectivity index (χ1) is 7.65. The number of nitrogens with one attached hydrogen (secondary N) is 3. The Balaban J connectivity index is 2.59. The molecule has 0 aliphatic carbocycles. The van der Waals surface area contributed by atoms with Crippen LogP contribution in [0.1, 0.15) is 6.92 Å². The van der Waals surface area contributed by atoms with Crippen LogP contribution in [0.2, 0.25) is 5.28 Å². The Morgan fingerprint density at radius 1 is 1.31 bits per heavy atom. The van der Waals surface area contributed by atoms with Crippen molar-refractivity contribution in [3.05, 3.63) is 5.28 Å². The van der Waals surface area contributed by atoms with E-state index in [4.69, 9.17) is 11.6 Å². The van der Waals surface area contributed by atoms with E-state index in [2.05, 4.69) is 30.9 Å². The molecule has 0 aromatic carbocycles. The second-order valence-electron chi connectivity index (χ2n) is 2.81. The van der Waals surface area contributed by atoms with Gasteiger partial charge in [0, 0.05) is 13.6 Å². The fourth-order valence-electron chi connectivity index (χ4n) is 0.960. The fourth-order valence-corrected chi connectivity index (χ4v) is 1.12. The summed E-state index contributed by atoms with van der Waals surface area (Å²) in [6, 6.07) is 0. The van der Waals surface area contributed by atoms with Gasteiger partial charge in [-0.3, -0.25) is 4.79 Å². The zero-order valence-electron chi connectivity index (χ0n) is 9.04. The molecule has 0 saturated carbocycles. The van der Waals surface area contributed by atoms with E-state index >= 15 is 0 Å². The van der Waals surface area contributed by atoms with Gasteiger partial charge in [-0.05, 0) is 18.5 Å². The van der Waals surface area contributed by atoms with Crippen molar-refractivity contribution < 1.29 is 4.79 Å². The minimum atomic E-state index is -0.134. The molecule has 0 bridgehead atoms. The standard InChI is InChI=1S/C8H13ClN6O/c1-3-11-5(16)4-12-8-14-6(9)13-7(10-2)15-8/h3-4H2,1-2H3,(H,11,16)(H2,10,12,13,14,15). The topological polar surface area (TPSA) is 91.8 Å². The number of anilines is 2. The van der Waals surface area contributed by atoms with E-state index in [1.165, 1.54) is 0 Å². The Morgan fingerprint density at radius 3 is 2.62 bits per heavy atom. The molecule has 0 fully saturated rings. The smallest absolute Gasteiger partial charge is 0.239 e. The van der Waals surface area contributed by atoms with Gasteiger partial charge in [0.15, 0.2) is 0 Å². The van der Waals surface area contributed by atoms with Gasteiger partial charge < -0.3 is 16.0 Å². The summed E-state index contributed by atoms with van der Waals surface area (Å²) in [6.07, 6.45) is 0. The van der Waals surface area contributed by atoms with Crippen molar-refractivity contribution in [3.63, 3.8) is 0 Å². The van der Waals surface area contributed by atoms with Crippen LogP contribution in [0.4, 0.5) is 11.9 Å². The van der Waals surface area contributed by atoms with Gasteiger partial charge in [-0.25, -0.2) is 0 Å². The summed E-state index contributed by atoms with van der Waals surface area (Å²) < 4.78 is 0. The van der Waals surface area contributed by atoms with Gasteiger partial charge in [0.05, 0.1) is 6.54 Å². The lowest BCUT2D eigenvalue weighted by Gasteiger charge is -2.06. The number of hydrogen-bond acceptors (Lipinski definition) is 6. The van der Waals surface area contributed by atoms with Gasteiger partial charge in [0.1, 0.15) is 0 Å². The van der Waals surface area contributed by atoms with Crippen molar-refractivity contribution >= 4 is 29.4 Å². The normalized spacial score (nSPS) is 9.69. The van der Waals surface area contributed by atoms with Crippen LogP contribution in [0, 0.1) is 0 Å². The summed E-state index contributed by atoms with van der Waals surface area (Å²) in [5.41, 5.74) is 0. The van der Waals surface area contributed by atoms with Gasteiger partial charge in [0.25, 0.3) is 0 Å². The first-order valence-electron chi connectivity index (χ1n) is 4.75. The van der Waals surface area contributed by atoms with Crippen LogP contribution >= 0.6 is 11.6 Å². The Morgan fingerprint density at radius 2 is 2.00 bits per heavy atom. The second kappa shape index (κ2) is 6.06. The van der Waals surface area contributed by atoms with E-state index in [1.807, 2.05) is 6.92 Å². The first-order valence-corrected chi connectivity index (χ1v) is 5.13. The molecule has 1 rings (SSSR count). The van der Waals surface area contributed by atoms with E-state index in [1.54, 1.807) is 7.05 Å². The van der Waals surface area contributed by atoms with Crippen LogP contribution in [0.15, 0.2) is 0 Å². The molecule has 0 aliphatic heterocycles. The zero-order chi connectivity index (χ0) is 12.0. The molecular weight excluding hydrogens is 232 g/mol. The number of halogens is 1. The minimum absolute atomic E-state index is 0.0674. The minimum Gasteiger partial charge on any atom is -0.357 e. The number of carbonyl (C=O) groups excluding carboxylic acids is 1. The number of nitrogens with zero attached hydrogens (tertiary/aromatic N) is 3. The highest BCUT2D eigenvalue weighted by atomic mass is 35.5. The van der Waals surface area contributed by atoms with E-state index in [-0.39, 0.29) is 23.7 Å². The van der Waals surface area contributed by atoms with Crippen molar-refractivity contribution in [2.24, 2.45) is 0 Å². The molecule has 8 heteroatoms. The van der Waals surface area contributed by atoms with Crippen LogP contribution in [-0.4, -0.2) is 41.0 Å². The predicted molar refractivity (Wildman–Crippen MR) is 61.6 cm³/mol. The molecule has 0 atom stereocenters. The molecule has 0 unspecified atom stereocenters. The molecule has 3 N–H and O–H groups in total. The number of aromatic nitrogens is 3. The lowest BCUT2D eigenvalue weighted by Crippen LogP contribution is -2.30. The Kier molecular flexibility index (Phi) is 4.71. The maximum Gasteiger partial charge on any atom is 0.239 e. The van der Waals surface area contributed by atoms with Crippen molar-refractivity contribution in [1.82, 2.24) is 20.3 Å². The molecule has 0 spiro atoms. The summed E-state index contributed by atoms with van der Waals surface area (Å²) in [5, 5.41) is 8.18. The van der Waals surface area contributed by atoms with Crippen LogP contribution < -0.4 is 16.0 Å². The number of hydrogen-bond donors (Lipinski definition) is 3. The summed E-state index contributed by atoms with van der Waals surface area (Å²) in [4.78, 5) is 22.8. The molecule has 1 amide bonds. The number of carbonyl (C=O) groups is 1.